The molecule has 0 unspecified atom stereocenters. The summed E-state index contributed by atoms with van der Waals surface area (Å²) in [6.07, 6.45) is 0. The van der Waals surface area contributed by atoms with Crippen LogP contribution in [-0.4, -0.2) is 42.6 Å². The van der Waals surface area contributed by atoms with Gasteiger partial charge in [-0.05, 0) is 31.9 Å². The number of benzene rings is 1. The van der Waals surface area contributed by atoms with Crippen molar-refractivity contribution in [1.29, 1.82) is 0 Å². The number of sulfonamides is 1. The van der Waals surface area contributed by atoms with E-state index in [0.717, 1.165) is 5.56 Å². The highest BCUT2D eigenvalue weighted by Gasteiger charge is 2.40. The third kappa shape index (κ3) is 2.80. The van der Waals surface area contributed by atoms with Gasteiger partial charge in [0.25, 0.3) is 0 Å². The van der Waals surface area contributed by atoms with Gasteiger partial charge in [-0.1, -0.05) is 30.3 Å². The van der Waals surface area contributed by atoms with Crippen molar-refractivity contribution in [1.82, 2.24) is 14.5 Å². The monoisotopic (exact) mass is 334 g/mol. The average Bonchev–Trinajstić information content (AvgIpc) is 3.12. The molecule has 6 nitrogen and oxygen atoms in total. The van der Waals surface area contributed by atoms with Crippen LogP contribution in [0.1, 0.15) is 22.9 Å². The Morgan fingerprint density at radius 3 is 2.52 bits per heavy atom. The second kappa shape index (κ2) is 6.07. The van der Waals surface area contributed by atoms with Crippen LogP contribution in [0.5, 0.6) is 0 Å². The molecular weight excluding hydrogens is 312 g/mol. The van der Waals surface area contributed by atoms with E-state index >= 15 is 0 Å². The van der Waals surface area contributed by atoms with Crippen LogP contribution < -0.4 is 5.73 Å². The average molecular weight is 334 g/mol. The molecule has 0 bridgehead atoms. The van der Waals surface area contributed by atoms with E-state index in [4.69, 9.17) is 5.73 Å². The number of aromatic nitrogens is 2. The highest BCUT2D eigenvalue weighted by molar-refractivity contribution is 7.89. The molecule has 124 valence electrons. The third-order valence-electron chi connectivity index (χ3n) is 4.60. The first-order valence-electron chi connectivity index (χ1n) is 7.72. The minimum atomic E-state index is -3.56. The van der Waals surface area contributed by atoms with Crippen molar-refractivity contribution in [3.8, 4) is 0 Å². The zero-order valence-electron chi connectivity index (χ0n) is 13.4. The van der Waals surface area contributed by atoms with Crippen LogP contribution in [-0.2, 0) is 10.0 Å². The van der Waals surface area contributed by atoms with Gasteiger partial charge in [-0.15, -0.1) is 0 Å². The summed E-state index contributed by atoms with van der Waals surface area (Å²) in [5.41, 5.74) is 8.13. The number of nitrogens with zero attached hydrogens (tertiary/aromatic N) is 2. The lowest BCUT2D eigenvalue weighted by molar-refractivity contribution is 0.458. The summed E-state index contributed by atoms with van der Waals surface area (Å²) < 4.78 is 27.6. The molecule has 0 aliphatic carbocycles. The highest BCUT2D eigenvalue weighted by atomic mass is 32.2. The Morgan fingerprint density at radius 2 is 1.96 bits per heavy atom. The summed E-state index contributed by atoms with van der Waals surface area (Å²) in [4.78, 5) is 0.294. The van der Waals surface area contributed by atoms with Crippen molar-refractivity contribution in [2.45, 2.75) is 24.7 Å². The van der Waals surface area contributed by atoms with Gasteiger partial charge in [0.2, 0.25) is 10.0 Å². The smallest absolute Gasteiger partial charge is 0.246 e. The second-order valence-corrected chi connectivity index (χ2v) is 7.97. The van der Waals surface area contributed by atoms with Gasteiger partial charge in [0.15, 0.2) is 0 Å². The Bertz CT molecular complexity index is 766. The SMILES string of the molecule is Cc1n[nH]c(C)c1S(=O)(=O)N1C[C@@H](CN)[C@H](c2ccccc2)C1. The quantitative estimate of drug-likeness (QED) is 0.884. The molecule has 1 aliphatic heterocycles. The molecule has 7 heteroatoms. The summed E-state index contributed by atoms with van der Waals surface area (Å²) in [5, 5.41) is 6.77. The standard InChI is InChI=1S/C16H22N4O2S/c1-11-16(12(2)19-18-11)23(21,22)20-9-14(8-17)15(10-20)13-6-4-3-5-7-13/h3-7,14-15H,8-10,17H2,1-2H3,(H,18,19)/t14-,15+/m1/s1. The van der Waals surface area contributed by atoms with Crippen molar-refractivity contribution in [2.24, 2.45) is 11.7 Å². The molecule has 23 heavy (non-hydrogen) atoms. The van der Waals surface area contributed by atoms with Crippen molar-refractivity contribution in [2.75, 3.05) is 19.6 Å². The maximum atomic E-state index is 13.0. The minimum Gasteiger partial charge on any atom is -0.330 e. The van der Waals surface area contributed by atoms with Crippen LogP contribution in [0.3, 0.4) is 0 Å². The number of hydrogen-bond acceptors (Lipinski definition) is 4. The maximum Gasteiger partial charge on any atom is 0.246 e. The van der Waals surface area contributed by atoms with Crippen LogP contribution >= 0.6 is 0 Å². The molecule has 3 N–H and O–H groups in total. The van der Waals surface area contributed by atoms with E-state index in [1.807, 2.05) is 30.3 Å². The fourth-order valence-electron chi connectivity index (χ4n) is 3.39. The van der Waals surface area contributed by atoms with Crippen LogP contribution in [0.15, 0.2) is 35.2 Å². The fraction of sp³-hybridized carbons (Fsp3) is 0.438. The molecule has 2 heterocycles. The van der Waals surface area contributed by atoms with Crippen molar-refractivity contribution in [3.63, 3.8) is 0 Å². The third-order valence-corrected chi connectivity index (χ3v) is 6.69. The summed E-state index contributed by atoms with van der Waals surface area (Å²) in [7, 11) is -3.56. The summed E-state index contributed by atoms with van der Waals surface area (Å²) in [6, 6.07) is 9.99. The Morgan fingerprint density at radius 1 is 1.26 bits per heavy atom. The van der Waals surface area contributed by atoms with E-state index in [-0.39, 0.29) is 11.8 Å². The molecule has 2 aromatic rings. The summed E-state index contributed by atoms with van der Waals surface area (Å²) >= 11 is 0. The minimum absolute atomic E-state index is 0.125. The number of nitrogens with two attached hydrogens (primary N) is 1. The second-order valence-electron chi connectivity index (χ2n) is 6.10. The van der Waals surface area contributed by atoms with Crippen molar-refractivity contribution < 1.29 is 8.42 Å². The Hall–Kier alpha value is -1.70. The van der Waals surface area contributed by atoms with Gasteiger partial charge in [-0.25, -0.2) is 8.42 Å². The number of H-pyrrole nitrogens is 1. The molecule has 0 radical (unpaired) electrons. The Balaban J connectivity index is 1.94. The fourth-order valence-corrected chi connectivity index (χ4v) is 5.25. The summed E-state index contributed by atoms with van der Waals surface area (Å²) in [5.74, 6) is 0.253. The normalized spacial score (nSPS) is 22.6. The number of nitrogens with one attached hydrogen (secondary N) is 1. The molecular formula is C16H22N4O2S. The molecule has 1 fully saturated rings. The number of rotatable bonds is 4. The first kappa shape index (κ1) is 16.2. The molecule has 0 spiro atoms. The number of aryl methyl sites for hydroxylation is 2. The van der Waals surface area contributed by atoms with Crippen LogP contribution in [0.4, 0.5) is 0 Å². The largest absolute Gasteiger partial charge is 0.330 e. The van der Waals surface area contributed by atoms with Gasteiger partial charge in [0, 0.05) is 19.0 Å². The van der Waals surface area contributed by atoms with E-state index in [1.54, 1.807) is 18.2 Å². The molecule has 1 aliphatic rings. The van der Waals surface area contributed by atoms with E-state index in [1.165, 1.54) is 0 Å². The lowest BCUT2D eigenvalue weighted by Gasteiger charge is -2.17. The van der Waals surface area contributed by atoms with E-state index < -0.39 is 10.0 Å². The van der Waals surface area contributed by atoms with E-state index in [0.29, 0.717) is 35.9 Å². The van der Waals surface area contributed by atoms with Gasteiger partial charge in [0.05, 0.1) is 11.4 Å². The lowest BCUT2D eigenvalue weighted by atomic mass is 9.89. The zero-order chi connectivity index (χ0) is 16.6. The molecule has 0 saturated carbocycles. The van der Waals surface area contributed by atoms with Gasteiger partial charge < -0.3 is 5.73 Å². The van der Waals surface area contributed by atoms with Crippen LogP contribution in [0.25, 0.3) is 0 Å². The molecule has 0 amide bonds. The maximum absolute atomic E-state index is 13.0. The lowest BCUT2D eigenvalue weighted by Crippen LogP contribution is -2.30. The highest BCUT2D eigenvalue weighted by Crippen LogP contribution is 2.35. The predicted molar refractivity (Wildman–Crippen MR) is 88.5 cm³/mol. The van der Waals surface area contributed by atoms with Crippen LogP contribution in [0, 0.1) is 19.8 Å². The first-order valence-corrected chi connectivity index (χ1v) is 9.16. The van der Waals surface area contributed by atoms with E-state index in [9.17, 15) is 8.42 Å². The van der Waals surface area contributed by atoms with Crippen molar-refractivity contribution >= 4 is 10.0 Å². The zero-order valence-corrected chi connectivity index (χ0v) is 14.2. The van der Waals surface area contributed by atoms with Crippen molar-refractivity contribution in [3.05, 3.63) is 47.3 Å². The Kier molecular flexibility index (Phi) is 4.27. The summed E-state index contributed by atoms with van der Waals surface area (Å²) in [6.45, 7) is 4.81. The first-order chi connectivity index (χ1) is 10.9. The molecule has 1 saturated heterocycles. The van der Waals surface area contributed by atoms with Gasteiger partial charge >= 0.3 is 0 Å². The van der Waals surface area contributed by atoms with Crippen LogP contribution in [0.2, 0.25) is 0 Å². The number of hydrogen-bond donors (Lipinski definition) is 2. The van der Waals surface area contributed by atoms with Gasteiger partial charge in [-0.2, -0.15) is 9.40 Å². The molecule has 2 atom stereocenters. The van der Waals surface area contributed by atoms with Gasteiger partial charge in [-0.3, -0.25) is 5.10 Å². The molecule has 3 rings (SSSR count). The van der Waals surface area contributed by atoms with E-state index in [2.05, 4.69) is 10.2 Å². The van der Waals surface area contributed by atoms with Gasteiger partial charge in [0.1, 0.15) is 4.90 Å². The molecule has 1 aromatic carbocycles. The molecule has 1 aromatic heterocycles. The topological polar surface area (TPSA) is 92.1 Å². The predicted octanol–water partition coefficient (Wildman–Crippen LogP) is 1.39. The Labute approximate surface area is 136 Å². The number of aromatic amines is 1.